The van der Waals surface area contributed by atoms with Crippen molar-refractivity contribution in [1.82, 2.24) is 19.9 Å². The van der Waals surface area contributed by atoms with Gasteiger partial charge in [-0.1, -0.05) is 19.9 Å². The number of aromatic nitrogens is 3. The third kappa shape index (κ3) is 5.31. The first kappa shape index (κ1) is 23.1. The average Bonchev–Trinajstić information content (AvgIpc) is 3.18. The SMILES string of the molecule is Cc1cc(Nc2nccc(C(C)C)n2)cc(-c2cnc([C@]3(O)CCCN(C(=O)O)CC3)s2)c1. The van der Waals surface area contributed by atoms with Crippen molar-refractivity contribution >= 4 is 29.1 Å². The van der Waals surface area contributed by atoms with Gasteiger partial charge < -0.3 is 20.4 Å². The number of nitrogens with zero attached hydrogens (tertiary/aromatic N) is 4. The lowest BCUT2D eigenvalue weighted by Gasteiger charge is -2.24. The van der Waals surface area contributed by atoms with E-state index in [1.54, 1.807) is 12.4 Å². The summed E-state index contributed by atoms with van der Waals surface area (Å²) in [6, 6.07) is 8.07. The number of rotatable bonds is 5. The van der Waals surface area contributed by atoms with E-state index in [0.29, 0.717) is 49.2 Å². The largest absolute Gasteiger partial charge is 0.465 e. The maximum Gasteiger partial charge on any atom is 0.407 e. The Kier molecular flexibility index (Phi) is 6.62. The number of benzene rings is 1. The van der Waals surface area contributed by atoms with Gasteiger partial charge in [-0.25, -0.2) is 19.7 Å². The van der Waals surface area contributed by atoms with Crippen LogP contribution in [0.1, 0.15) is 55.3 Å². The van der Waals surface area contributed by atoms with E-state index in [9.17, 15) is 15.0 Å². The summed E-state index contributed by atoms with van der Waals surface area (Å²) in [6.45, 7) is 6.96. The van der Waals surface area contributed by atoms with Crippen molar-refractivity contribution in [2.45, 2.75) is 51.6 Å². The summed E-state index contributed by atoms with van der Waals surface area (Å²) in [5.41, 5.74) is 2.82. The summed E-state index contributed by atoms with van der Waals surface area (Å²) in [6.07, 6.45) is 4.04. The van der Waals surface area contributed by atoms with Gasteiger partial charge in [-0.2, -0.15) is 0 Å². The topological polar surface area (TPSA) is 111 Å². The molecule has 1 aliphatic rings. The standard InChI is InChI=1S/C24H29N5O3S/c1-15(2)19-5-8-25-22(28-19)27-18-12-16(3)11-17(13-18)20-14-26-21(33-20)24(32)6-4-9-29(10-7-24)23(30)31/h5,8,11-15,32H,4,6-7,9-10H2,1-3H3,(H,30,31)(H,25,27,28)/t24-/m0/s1. The van der Waals surface area contributed by atoms with Crippen LogP contribution >= 0.6 is 11.3 Å². The van der Waals surface area contributed by atoms with E-state index in [1.165, 1.54) is 16.2 Å². The highest BCUT2D eigenvalue weighted by molar-refractivity contribution is 7.15. The molecule has 1 fully saturated rings. The average molecular weight is 468 g/mol. The van der Waals surface area contributed by atoms with Crippen LogP contribution in [-0.2, 0) is 5.60 Å². The van der Waals surface area contributed by atoms with Crippen molar-refractivity contribution in [2.24, 2.45) is 0 Å². The van der Waals surface area contributed by atoms with Crippen LogP contribution in [0.5, 0.6) is 0 Å². The lowest BCUT2D eigenvalue weighted by Crippen LogP contribution is -2.32. The second kappa shape index (κ2) is 9.44. The zero-order valence-electron chi connectivity index (χ0n) is 19.1. The first-order valence-electron chi connectivity index (χ1n) is 11.1. The van der Waals surface area contributed by atoms with Crippen molar-refractivity contribution in [3.05, 3.63) is 52.9 Å². The highest BCUT2D eigenvalue weighted by Crippen LogP contribution is 2.39. The monoisotopic (exact) mass is 467 g/mol. The molecule has 9 heteroatoms. The summed E-state index contributed by atoms with van der Waals surface area (Å²) in [5.74, 6) is 0.869. The third-order valence-electron chi connectivity index (χ3n) is 5.87. The van der Waals surface area contributed by atoms with Gasteiger partial charge in [0.2, 0.25) is 5.95 Å². The molecule has 0 spiro atoms. The van der Waals surface area contributed by atoms with Crippen LogP contribution in [-0.4, -0.2) is 49.2 Å². The number of hydrogen-bond acceptors (Lipinski definition) is 7. The van der Waals surface area contributed by atoms with Crippen molar-refractivity contribution in [3.8, 4) is 10.4 Å². The number of anilines is 2. The molecule has 1 amide bonds. The van der Waals surface area contributed by atoms with E-state index in [-0.39, 0.29) is 0 Å². The van der Waals surface area contributed by atoms with Crippen LogP contribution in [0.4, 0.5) is 16.4 Å². The zero-order chi connectivity index (χ0) is 23.6. The molecule has 3 aromatic rings. The zero-order valence-corrected chi connectivity index (χ0v) is 19.9. The molecule has 1 aromatic carbocycles. The Bertz CT molecular complexity index is 1150. The number of carbonyl (C=O) groups is 1. The quantitative estimate of drug-likeness (QED) is 0.477. The summed E-state index contributed by atoms with van der Waals surface area (Å²) < 4.78 is 0. The highest BCUT2D eigenvalue weighted by atomic mass is 32.1. The highest BCUT2D eigenvalue weighted by Gasteiger charge is 2.35. The van der Waals surface area contributed by atoms with Crippen LogP contribution in [0, 0.1) is 6.92 Å². The third-order valence-corrected chi connectivity index (χ3v) is 7.11. The Morgan fingerprint density at radius 2 is 2.03 bits per heavy atom. The molecule has 4 rings (SSSR count). The Morgan fingerprint density at radius 3 is 2.79 bits per heavy atom. The maximum absolute atomic E-state index is 11.3. The molecule has 0 saturated carbocycles. The molecule has 174 valence electrons. The molecule has 1 atom stereocenters. The van der Waals surface area contributed by atoms with Crippen LogP contribution in [0.2, 0.25) is 0 Å². The van der Waals surface area contributed by atoms with E-state index in [1.807, 2.05) is 25.1 Å². The summed E-state index contributed by atoms with van der Waals surface area (Å²) in [7, 11) is 0. The minimum Gasteiger partial charge on any atom is -0.465 e. The van der Waals surface area contributed by atoms with Gasteiger partial charge in [-0.15, -0.1) is 11.3 Å². The summed E-state index contributed by atoms with van der Waals surface area (Å²) in [4.78, 5) is 27.1. The fourth-order valence-corrected chi connectivity index (χ4v) is 5.08. The smallest absolute Gasteiger partial charge is 0.407 e. The molecule has 0 aliphatic carbocycles. The number of aliphatic hydroxyl groups is 1. The van der Waals surface area contributed by atoms with Crippen LogP contribution in [0.25, 0.3) is 10.4 Å². The minimum atomic E-state index is -1.11. The predicted octanol–water partition coefficient (Wildman–Crippen LogP) is 5.13. The minimum absolute atomic E-state index is 0.300. The van der Waals surface area contributed by atoms with E-state index < -0.39 is 11.7 Å². The maximum atomic E-state index is 11.3. The molecular weight excluding hydrogens is 438 g/mol. The second-order valence-corrected chi connectivity index (χ2v) is 9.89. The molecule has 8 nitrogen and oxygen atoms in total. The van der Waals surface area contributed by atoms with E-state index in [4.69, 9.17) is 0 Å². The van der Waals surface area contributed by atoms with E-state index in [2.05, 4.69) is 40.2 Å². The first-order chi connectivity index (χ1) is 15.7. The number of thiazole rings is 1. The molecule has 3 heterocycles. The van der Waals surface area contributed by atoms with Crippen molar-refractivity contribution in [1.29, 1.82) is 0 Å². The molecule has 0 bridgehead atoms. The van der Waals surface area contributed by atoms with Gasteiger partial charge in [-0.3, -0.25) is 0 Å². The Hall–Kier alpha value is -3.04. The van der Waals surface area contributed by atoms with Gasteiger partial charge in [0.15, 0.2) is 0 Å². The molecular formula is C24H29N5O3S. The number of likely N-dealkylation sites (tertiary alicyclic amines) is 1. The second-order valence-electron chi connectivity index (χ2n) is 8.86. The van der Waals surface area contributed by atoms with Crippen molar-refractivity contribution < 1.29 is 15.0 Å². The molecule has 33 heavy (non-hydrogen) atoms. The van der Waals surface area contributed by atoms with Crippen molar-refractivity contribution in [2.75, 3.05) is 18.4 Å². The molecule has 0 unspecified atom stereocenters. The van der Waals surface area contributed by atoms with Crippen LogP contribution < -0.4 is 5.32 Å². The number of amides is 1. The van der Waals surface area contributed by atoms with Gasteiger partial charge in [-0.05, 0) is 55.0 Å². The predicted molar refractivity (Wildman–Crippen MR) is 129 cm³/mol. The summed E-state index contributed by atoms with van der Waals surface area (Å²) >= 11 is 1.45. The first-order valence-corrected chi connectivity index (χ1v) is 11.9. The van der Waals surface area contributed by atoms with E-state index >= 15 is 0 Å². The molecule has 0 radical (unpaired) electrons. The van der Waals surface area contributed by atoms with Crippen LogP contribution in [0.3, 0.4) is 0 Å². The number of aryl methyl sites for hydroxylation is 1. The molecule has 1 saturated heterocycles. The molecule has 1 aliphatic heterocycles. The lowest BCUT2D eigenvalue weighted by molar-refractivity contribution is 0.0213. The molecule has 2 aromatic heterocycles. The Morgan fingerprint density at radius 1 is 1.21 bits per heavy atom. The Labute approximate surface area is 197 Å². The van der Waals surface area contributed by atoms with Crippen LogP contribution in [0.15, 0.2) is 36.7 Å². The number of nitrogens with one attached hydrogen (secondary N) is 1. The van der Waals surface area contributed by atoms with Gasteiger partial charge in [0, 0.05) is 43.3 Å². The van der Waals surface area contributed by atoms with E-state index in [0.717, 1.165) is 27.4 Å². The Balaban J connectivity index is 1.56. The van der Waals surface area contributed by atoms with Gasteiger partial charge in [0.1, 0.15) is 10.6 Å². The number of hydrogen-bond donors (Lipinski definition) is 3. The lowest BCUT2D eigenvalue weighted by atomic mass is 9.96. The summed E-state index contributed by atoms with van der Waals surface area (Å²) in [5, 5.41) is 24.5. The van der Waals surface area contributed by atoms with Crippen molar-refractivity contribution in [3.63, 3.8) is 0 Å². The molecule has 3 N–H and O–H groups in total. The fourth-order valence-electron chi connectivity index (χ4n) is 4.03. The van der Waals surface area contributed by atoms with Gasteiger partial charge in [0.25, 0.3) is 0 Å². The number of carboxylic acid groups (broad SMARTS) is 1. The normalized spacial score (nSPS) is 18.9. The fraction of sp³-hybridized carbons (Fsp3) is 0.417. The van der Waals surface area contributed by atoms with Gasteiger partial charge in [0.05, 0.1) is 4.88 Å². The van der Waals surface area contributed by atoms with Gasteiger partial charge >= 0.3 is 6.09 Å².